The van der Waals surface area contributed by atoms with Crippen LogP contribution in [-0.2, 0) is 10.8 Å². The van der Waals surface area contributed by atoms with Gasteiger partial charge in [-0.25, -0.2) is 0 Å². The Kier molecular flexibility index (Phi) is 5.72. The molecule has 0 fully saturated rings. The average Bonchev–Trinajstić information content (AvgIpc) is 2.41. The van der Waals surface area contributed by atoms with Gasteiger partial charge in [0.25, 0.3) is 0 Å². The number of Topliss-reactive ketones (excluding diaryl/α,β-unsaturated/α-hetero) is 1. The van der Waals surface area contributed by atoms with Gasteiger partial charge in [-0.3, -0.25) is 9.59 Å². The molecule has 1 aromatic carbocycles. The third-order valence-electron chi connectivity index (χ3n) is 3.95. The third kappa shape index (κ3) is 4.28. The largest absolute Gasteiger partial charge is 0.298 e. The Balaban J connectivity index is 3.66. The second kappa shape index (κ2) is 6.76. The van der Waals surface area contributed by atoms with Crippen molar-refractivity contribution in [3.63, 3.8) is 0 Å². The maximum Gasteiger partial charge on any atom is 0.163 e. The van der Waals surface area contributed by atoms with Crippen LogP contribution >= 0.6 is 0 Å². The summed E-state index contributed by atoms with van der Waals surface area (Å²) in [5, 5.41) is 0. The number of ketones is 1. The molecule has 0 aliphatic carbocycles. The smallest absolute Gasteiger partial charge is 0.163 e. The first-order valence-electron chi connectivity index (χ1n) is 8.19. The Labute approximate surface area is 135 Å². The molecule has 1 rings (SSSR count). The highest BCUT2D eigenvalue weighted by Gasteiger charge is 2.29. The van der Waals surface area contributed by atoms with Crippen LogP contribution in [0.25, 0.3) is 0 Å². The van der Waals surface area contributed by atoms with E-state index in [1.165, 1.54) is 0 Å². The SMILES string of the molecule is CCCCC(=O)c1c(C(C)(C)C)cc(C=O)cc1C(C)(C)C. The summed E-state index contributed by atoms with van der Waals surface area (Å²) in [5.74, 6) is 0.203. The highest BCUT2D eigenvalue weighted by Crippen LogP contribution is 2.36. The normalized spacial score (nSPS) is 12.3. The van der Waals surface area contributed by atoms with E-state index in [-0.39, 0.29) is 16.6 Å². The number of hydrogen-bond donors (Lipinski definition) is 0. The molecule has 0 radical (unpaired) electrons. The number of unbranched alkanes of at least 4 members (excludes halogenated alkanes) is 1. The summed E-state index contributed by atoms with van der Waals surface area (Å²) in [6.07, 6.45) is 3.36. The van der Waals surface area contributed by atoms with E-state index in [2.05, 4.69) is 48.5 Å². The van der Waals surface area contributed by atoms with E-state index in [9.17, 15) is 9.59 Å². The first-order valence-corrected chi connectivity index (χ1v) is 8.19. The summed E-state index contributed by atoms with van der Waals surface area (Å²) < 4.78 is 0. The molecule has 2 nitrogen and oxygen atoms in total. The molecule has 0 aromatic heterocycles. The zero-order chi connectivity index (χ0) is 17.1. The van der Waals surface area contributed by atoms with E-state index in [0.717, 1.165) is 35.8 Å². The molecule has 0 heterocycles. The molecule has 0 aliphatic rings. The number of carbonyl (C=O) groups is 2. The second-order valence-electron chi connectivity index (χ2n) is 8.14. The predicted molar refractivity (Wildman–Crippen MR) is 93.1 cm³/mol. The maximum atomic E-state index is 12.8. The van der Waals surface area contributed by atoms with Crippen LogP contribution in [0.1, 0.15) is 99.6 Å². The molecule has 2 heteroatoms. The summed E-state index contributed by atoms with van der Waals surface area (Å²) >= 11 is 0. The quantitative estimate of drug-likeness (QED) is 0.534. The maximum absolute atomic E-state index is 12.8. The standard InChI is InChI=1S/C20H30O2/c1-8-9-10-17(22)18-15(19(2,3)4)11-14(13-21)12-16(18)20(5,6)7/h11-13H,8-10H2,1-7H3. The lowest BCUT2D eigenvalue weighted by Crippen LogP contribution is -2.24. The molecule has 0 saturated carbocycles. The fourth-order valence-corrected chi connectivity index (χ4v) is 2.68. The summed E-state index contributed by atoms with van der Waals surface area (Å²) in [6, 6.07) is 3.78. The summed E-state index contributed by atoms with van der Waals surface area (Å²) in [6.45, 7) is 14.7. The minimum atomic E-state index is -0.170. The van der Waals surface area contributed by atoms with Gasteiger partial charge in [0.2, 0.25) is 0 Å². The minimum absolute atomic E-state index is 0.170. The van der Waals surface area contributed by atoms with Gasteiger partial charge < -0.3 is 0 Å². The fourth-order valence-electron chi connectivity index (χ4n) is 2.68. The first kappa shape index (κ1) is 18.6. The molecule has 0 N–H and O–H groups in total. The first-order chi connectivity index (χ1) is 10.0. The minimum Gasteiger partial charge on any atom is -0.298 e. The lowest BCUT2D eigenvalue weighted by atomic mass is 9.74. The van der Waals surface area contributed by atoms with Gasteiger partial charge in [-0.15, -0.1) is 0 Å². The van der Waals surface area contributed by atoms with Crippen molar-refractivity contribution in [1.82, 2.24) is 0 Å². The van der Waals surface area contributed by atoms with Crippen LogP contribution in [0, 0.1) is 0 Å². The van der Waals surface area contributed by atoms with Crippen LogP contribution in [0.2, 0.25) is 0 Å². The van der Waals surface area contributed by atoms with Crippen molar-refractivity contribution >= 4 is 12.1 Å². The van der Waals surface area contributed by atoms with Gasteiger partial charge in [0.15, 0.2) is 5.78 Å². The van der Waals surface area contributed by atoms with Crippen molar-refractivity contribution in [1.29, 1.82) is 0 Å². The van der Waals surface area contributed by atoms with Gasteiger partial charge in [-0.05, 0) is 40.5 Å². The number of carbonyl (C=O) groups excluding carboxylic acids is 2. The van der Waals surface area contributed by atoms with Crippen LogP contribution in [0.3, 0.4) is 0 Å². The zero-order valence-electron chi connectivity index (χ0n) is 15.2. The zero-order valence-corrected chi connectivity index (χ0v) is 15.2. The van der Waals surface area contributed by atoms with E-state index in [1.807, 2.05) is 12.1 Å². The molecule has 0 amide bonds. The van der Waals surface area contributed by atoms with Crippen LogP contribution in [-0.4, -0.2) is 12.1 Å². The molecule has 0 aliphatic heterocycles. The summed E-state index contributed by atoms with van der Waals surface area (Å²) in [5.41, 5.74) is 3.12. The molecular formula is C20H30O2. The molecule has 22 heavy (non-hydrogen) atoms. The summed E-state index contributed by atoms with van der Waals surface area (Å²) in [7, 11) is 0. The number of rotatable bonds is 5. The molecule has 0 bridgehead atoms. The van der Waals surface area contributed by atoms with Crippen LogP contribution in [0.15, 0.2) is 12.1 Å². The van der Waals surface area contributed by atoms with Gasteiger partial charge in [0.05, 0.1) is 0 Å². The molecule has 0 spiro atoms. The predicted octanol–water partition coefficient (Wildman–Crippen LogP) is 5.47. The molecule has 0 atom stereocenters. The van der Waals surface area contributed by atoms with Gasteiger partial charge in [-0.2, -0.15) is 0 Å². The highest BCUT2D eigenvalue weighted by molar-refractivity contribution is 6.00. The Bertz CT molecular complexity index is 519. The molecule has 122 valence electrons. The Hall–Kier alpha value is -1.44. The summed E-state index contributed by atoms with van der Waals surface area (Å²) in [4.78, 5) is 24.2. The number of hydrogen-bond acceptors (Lipinski definition) is 2. The molecular weight excluding hydrogens is 272 g/mol. The van der Waals surface area contributed by atoms with Gasteiger partial charge in [-0.1, -0.05) is 54.9 Å². The topological polar surface area (TPSA) is 34.1 Å². The second-order valence-corrected chi connectivity index (χ2v) is 8.14. The van der Waals surface area contributed by atoms with Gasteiger partial charge in [0, 0.05) is 17.5 Å². The Morgan fingerprint density at radius 3 is 1.77 bits per heavy atom. The van der Waals surface area contributed by atoms with E-state index >= 15 is 0 Å². The van der Waals surface area contributed by atoms with Crippen molar-refractivity contribution in [2.75, 3.05) is 0 Å². The lowest BCUT2D eigenvalue weighted by molar-refractivity contribution is 0.0974. The van der Waals surface area contributed by atoms with Crippen molar-refractivity contribution in [3.05, 3.63) is 34.4 Å². The molecule has 0 saturated heterocycles. The van der Waals surface area contributed by atoms with E-state index < -0.39 is 0 Å². The monoisotopic (exact) mass is 302 g/mol. The highest BCUT2D eigenvalue weighted by atomic mass is 16.1. The van der Waals surface area contributed by atoms with Crippen molar-refractivity contribution in [2.24, 2.45) is 0 Å². The molecule has 1 aromatic rings. The number of aldehydes is 1. The van der Waals surface area contributed by atoms with Crippen molar-refractivity contribution in [3.8, 4) is 0 Å². The van der Waals surface area contributed by atoms with E-state index in [0.29, 0.717) is 12.0 Å². The fraction of sp³-hybridized carbons (Fsp3) is 0.600. The molecule has 0 unspecified atom stereocenters. The van der Waals surface area contributed by atoms with Gasteiger partial charge in [0.1, 0.15) is 6.29 Å². The number of benzene rings is 1. The van der Waals surface area contributed by atoms with Gasteiger partial charge >= 0.3 is 0 Å². The van der Waals surface area contributed by atoms with Crippen LogP contribution < -0.4 is 0 Å². The van der Waals surface area contributed by atoms with Crippen molar-refractivity contribution in [2.45, 2.75) is 78.6 Å². The van der Waals surface area contributed by atoms with E-state index in [1.54, 1.807) is 0 Å². The Morgan fingerprint density at radius 1 is 1.00 bits per heavy atom. The third-order valence-corrected chi connectivity index (χ3v) is 3.95. The van der Waals surface area contributed by atoms with Crippen LogP contribution in [0.4, 0.5) is 0 Å². The van der Waals surface area contributed by atoms with Crippen molar-refractivity contribution < 1.29 is 9.59 Å². The average molecular weight is 302 g/mol. The lowest BCUT2D eigenvalue weighted by Gasteiger charge is -2.30. The Morgan fingerprint density at radius 2 is 1.45 bits per heavy atom. The van der Waals surface area contributed by atoms with Crippen LogP contribution in [0.5, 0.6) is 0 Å². The van der Waals surface area contributed by atoms with E-state index in [4.69, 9.17) is 0 Å².